The fourth-order valence-electron chi connectivity index (χ4n) is 1.54. The fourth-order valence-corrected chi connectivity index (χ4v) is 1.54. The Balaban J connectivity index is 2.38. The van der Waals surface area contributed by atoms with Crippen molar-refractivity contribution in [3.05, 3.63) is 28.7 Å². The first-order valence-electron chi connectivity index (χ1n) is 5.61. The maximum atomic E-state index is 11.1. The molecule has 2 N–H and O–H groups in total. The Morgan fingerprint density at radius 1 is 1.42 bits per heavy atom. The average molecular weight is 263 g/mol. The lowest BCUT2D eigenvalue weighted by Gasteiger charge is -2.07. The Labute approximate surface area is 108 Å². The molecular weight excluding hydrogens is 250 g/mol. The molecule has 2 rings (SSSR count). The van der Waals surface area contributed by atoms with Crippen LogP contribution in [0.4, 0.5) is 23.1 Å². The molecule has 0 saturated heterocycles. The molecule has 19 heavy (non-hydrogen) atoms. The van der Waals surface area contributed by atoms with E-state index in [0.717, 1.165) is 0 Å². The van der Waals surface area contributed by atoms with E-state index in [4.69, 9.17) is 0 Å². The number of aryl methyl sites for hydroxylation is 1. The Hall–Kier alpha value is -2.71. The minimum atomic E-state index is -0.525. The first kappa shape index (κ1) is 12.7. The predicted molar refractivity (Wildman–Crippen MR) is 69.3 cm³/mol. The van der Waals surface area contributed by atoms with Crippen LogP contribution in [0.15, 0.2) is 18.6 Å². The summed E-state index contributed by atoms with van der Waals surface area (Å²) < 4.78 is 1.58. The van der Waals surface area contributed by atoms with Crippen molar-refractivity contribution >= 4 is 23.1 Å². The van der Waals surface area contributed by atoms with Gasteiger partial charge in [-0.3, -0.25) is 14.8 Å². The SMILES string of the molecule is CCNc1ncnc(Nc2ccn(C)n2)c1[N+](=O)[O-]. The summed E-state index contributed by atoms with van der Waals surface area (Å²) in [5.41, 5.74) is -0.199. The summed E-state index contributed by atoms with van der Waals surface area (Å²) in [6, 6.07) is 1.69. The van der Waals surface area contributed by atoms with Gasteiger partial charge in [-0.1, -0.05) is 0 Å². The molecule has 0 radical (unpaired) electrons. The van der Waals surface area contributed by atoms with Gasteiger partial charge in [-0.2, -0.15) is 5.10 Å². The van der Waals surface area contributed by atoms with Crippen LogP contribution in [0.25, 0.3) is 0 Å². The normalized spacial score (nSPS) is 10.2. The average Bonchev–Trinajstić information content (AvgIpc) is 2.75. The van der Waals surface area contributed by atoms with Crippen molar-refractivity contribution in [2.45, 2.75) is 6.92 Å². The zero-order valence-electron chi connectivity index (χ0n) is 10.5. The zero-order valence-corrected chi connectivity index (χ0v) is 10.5. The number of anilines is 3. The molecule has 0 aliphatic rings. The second-order valence-corrected chi connectivity index (χ2v) is 3.71. The van der Waals surface area contributed by atoms with Crippen molar-refractivity contribution in [2.24, 2.45) is 7.05 Å². The standard InChI is InChI=1S/C10H13N7O2/c1-3-11-9-8(17(18)19)10(13-6-12-9)14-7-4-5-16(2)15-7/h4-6H,3H2,1-2H3,(H2,11,12,13,14,15). The van der Waals surface area contributed by atoms with Crippen LogP contribution in [0.5, 0.6) is 0 Å². The highest BCUT2D eigenvalue weighted by Gasteiger charge is 2.22. The van der Waals surface area contributed by atoms with E-state index in [9.17, 15) is 10.1 Å². The molecule has 0 fully saturated rings. The number of nitro groups is 1. The minimum absolute atomic E-state index is 0.106. The molecular formula is C10H13N7O2. The van der Waals surface area contributed by atoms with Crippen LogP contribution in [0.3, 0.4) is 0 Å². The van der Waals surface area contributed by atoms with Gasteiger partial charge in [0.05, 0.1) is 4.92 Å². The van der Waals surface area contributed by atoms with Gasteiger partial charge in [0.15, 0.2) is 5.82 Å². The van der Waals surface area contributed by atoms with Crippen LogP contribution >= 0.6 is 0 Å². The molecule has 9 nitrogen and oxygen atoms in total. The van der Waals surface area contributed by atoms with Crippen LogP contribution in [0.1, 0.15) is 6.92 Å². The van der Waals surface area contributed by atoms with E-state index >= 15 is 0 Å². The third-order valence-electron chi connectivity index (χ3n) is 2.31. The minimum Gasteiger partial charge on any atom is -0.364 e. The van der Waals surface area contributed by atoms with Crippen LogP contribution in [-0.2, 0) is 7.05 Å². The molecule has 2 aromatic rings. The molecule has 9 heteroatoms. The molecule has 0 spiro atoms. The van der Waals surface area contributed by atoms with Crippen molar-refractivity contribution in [1.82, 2.24) is 19.7 Å². The van der Waals surface area contributed by atoms with E-state index in [1.54, 1.807) is 24.0 Å². The Bertz CT molecular complexity index is 595. The van der Waals surface area contributed by atoms with E-state index in [1.807, 2.05) is 6.92 Å². The largest absolute Gasteiger partial charge is 0.364 e. The van der Waals surface area contributed by atoms with Crippen molar-refractivity contribution in [3.8, 4) is 0 Å². The van der Waals surface area contributed by atoms with Crippen LogP contribution in [-0.4, -0.2) is 31.2 Å². The maximum Gasteiger partial charge on any atom is 0.353 e. The van der Waals surface area contributed by atoms with E-state index in [2.05, 4.69) is 25.7 Å². The second kappa shape index (κ2) is 5.29. The number of aromatic nitrogens is 4. The van der Waals surface area contributed by atoms with Gasteiger partial charge in [0.25, 0.3) is 0 Å². The third-order valence-corrected chi connectivity index (χ3v) is 2.31. The van der Waals surface area contributed by atoms with Crippen LogP contribution in [0, 0.1) is 10.1 Å². The molecule has 2 heterocycles. The highest BCUT2D eigenvalue weighted by molar-refractivity contribution is 5.72. The van der Waals surface area contributed by atoms with Gasteiger partial charge in [0.1, 0.15) is 6.33 Å². The van der Waals surface area contributed by atoms with Crippen molar-refractivity contribution in [3.63, 3.8) is 0 Å². The van der Waals surface area contributed by atoms with E-state index in [0.29, 0.717) is 12.4 Å². The van der Waals surface area contributed by atoms with Crippen molar-refractivity contribution < 1.29 is 4.92 Å². The maximum absolute atomic E-state index is 11.1. The number of nitrogens with zero attached hydrogens (tertiary/aromatic N) is 5. The van der Waals surface area contributed by atoms with Gasteiger partial charge < -0.3 is 10.6 Å². The van der Waals surface area contributed by atoms with E-state index < -0.39 is 4.92 Å². The molecule has 0 aliphatic heterocycles. The molecule has 0 unspecified atom stereocenters. The highest BCUT2D eigenvalue weighted by atomic mass is 16.6. The first-order chi connectivity index (χ1) is 9.11. The molecule has 0 aromatic carbocycles. The van der Waals surface area contributed by atoms with Crippen LogP contribution < -0.4 is 10.6 Å². The third kappa shape index (κ3) is 2.76. The highest BCUT2D eigenvalue weighted by Crippen LogP contribution is 2.30. The number of hydrogen-bond donors (Lipinski definition) is 2. The molecule has 0 saturated carbocycles. The quantitative estimate of drug-likeness (QED) is 0.617. The smallest absolute Gasteiger partial charge is 0.353 e. The second-order valence-electron chi connectivity index (χ2n) is 3.71. The predicted octanol–water partition coefficient (Wildman–Crippen LogP) is 1.29. The number of nitrogens with one attached hydrogen (secondary N) is 2. The molecule has 0 aliphatic carbocycles. The van der Waals surface area contributed by atoms with Gasteiger partial charge in [0, 0.05) is 25.9 Å². The molecule has 0 amide bonds. The lowest BCUT2D eigenvalue weighted by molar-refractivity contribution is -0.383. The summed E-state index contributed by atoms with van der Waals surface area (Å²) >= 11 is 0. The zero-order chi connectivity index (χ0) is 13.8. The van der Waals surface area contributed by atoms with Gasteiger partial charge >= 0.3 is 5.69 Å². The first-order valence-corrected chi connectivity index (χ1v) is 5.61. The lowest BCUT2D eigenvalue weighted by atomic mass is 10.4. The molecule has 0 atom stereocenters. The lowest BCUT2D eigenvalue weighted by Crippen LogP contribution is -2.07. The number of hydrogen-bond acceptors (Lipinski definition) is 7. The Kier molecular flexibility index (Phi) is 3.55. The Morgan fingerprint density at radius 2 is 2.16 bits per heavy atom. The van der Waals surface area contributed by atoms with Crippen molar-refractivity contribution in [2.75, 3.05) is 17.2 Å². The summed E-state index contributed by atoms with van der Waals surface area (Å²) in [5.74, 6) is 0.766. The number of rotatable bonds is 5. The Morgan fingerprint density at radius 3 is 2.74 bits per heavy atom. The summed E-state index contributed by atoms with van der Waals surface area (Å²) in [6.07, 6.45) is 2.98. The van der Waals surface area contributed by atoms with Gasteiger partial charge in [0.2, 0.25) is 11.6 Å². The van der Waals surface area contributed by atoms with E-state index in [1.165, 1.54) is 6.33 Å². The fraction of sp³-hybridized carbons (Fsp3) is 0.300. The summed E-state index contributed by atoms with van der Waals surface area (Å²) in [6.45, 7) is 2.36. The molecule has 100 valence electrons. The van der Waals surface area contributed by atoms with Crippen LogP contribution in [0.2, 0.25) is 0 Å². The van der Waals surface area contributed by atoms with Gasteiger partial charge in [-0.25, -0.2) is 9.97 Å². The monoisotopic (exact) mass is 263 g/mol. The van der Waals surface area contributed by atoms with E-state index in [-0.39, 0.29) is 17.3 Å². The van der Waals surface area contributed by atoms with Gasteiger partial charge in [-0.15, -0.1) is 0 Å². The molecule has 0 bridgehead atoms. The van der Waals surface area contributed by atoms with Gasteiger partial charge in [-0.05, 0) is 6.92 Å². The summed E-state index contributed by atoms with van der Waals surface area (Å²) in [7, 11) is 1.75. The van der Waals surface area contributed by atoms with Crippen molar-refractivity contribution in [1.29, 1.82) is 0 Å². The summed E-state index contributed by atoms with van der Waals surface area (Å²) in [5, 5.41) is 20.9. The summed E-state index contributed by atoms with van der Waals surface area (Å²) in [4.78, 5) is 18.4. The topological polar surface area (TPSA) is 111 Å². The molecule has 2 aromatic heterocycles.